The summed E-state index contributed by atoms with van der Waals surface area (Å²) < 4.78 is 27.0. The topological polar surface area (TPSA) is 49.4 Å². The summed E-state index contributed by atoms with van der Waals surface area (Å²) in [5, 5.41) is 3.50. The zero-order chi connectivity index (χ0) is 23.3. The Bertz CT molecular complexity index is 943. The van der Waals surface area contributed by atoms with Gasteiger partial charge in [0.25, 0.3) is 0 Å². The van der Waals surface area contributed by atoms with E-state index in [1.54, 1.807) is 0 Å². The molecule has 7 heteroatoms. The van der Waals surface area contributed by atoms with Crippen molar-refractivity contribution in [2.75, 3.05) is 13.1 Å². The van der Waals surface area contributed by atoms with E-state index in [9.17, 15) is 18.4 Å². The average Bonchev–Trinajstić information content (AvgIpc) is 2.79. The van der Waals surface area contributed by atoms with Crippen molar-refractivity contribution in [2.24, 2.45) is 5.92 Å². The fourth-order valence-corrected chi connectivity index (χ4v) is 4.24. The van der Waals surface area contributed by atoms with E-state index >= 15 is 0 Å². The summed E-state index contributed by atoms with van der Waals surface area (Å²) in [5.41, 5.74) is 1.32. The molecular formula is C25H29ClF2N2O2. The SMILES string of the molecule is CC[C@H](C)[C@@H](NC(=O)Cc1ccc(F)cc1F)C(=O)N1CCC(c2ccc(Cl)cc2)CC1. The summed E-state index contributed by atoms with van der Waals surface area (Å²) in [5.74, 6) is -1.72. The Morgan fingerprint density at radius 3 is 2.38 bits per heavy atom. The highest BCUT2D eigenvalue weighted by Crippen LogP contribution is 2.29. The molecule has 0 unspecified atom stereocenters. The van der Waals surface area contributed by atoms with Gasteiger partial charge in [0.05, 0.1) is 6.42 Å². The van der Waals surface area contributed by atoms with Gasteiger partial charge in [-0.2, -0.15) is 0 Å². The van der Waals surface area contributed by atoms with Crippen molar-refractivity contribution in [3.05, 3.63) is 70.2 Å². The largest absolute Gasteiger partial charge is 0.344 e. The summed E-state index contributed by atoms with van der Waals surface area (Å²) in [4.78, 5) is 27.6. The molecule has 0 spiro atoms. The van der Waals surface area contributed by atoms with E-state index in [2.05, 4.69) is 5.32 Å². The predicted octanol–water partition coefficient (Wildman–Crippen LogP) is 5.10. The van der Waals surface area contributed by atoms with Crippen LogP contribution in [0.5, 0.6) is 0 Å². The van der Waals surface area contributed by atoms with Crippen LogP contribution in [0.1, 0.15) is 50.2 Å². The molecule has 0 aliphatic carbocycles. The molecular weight excluding hydrogens is 434 g/mol. The van der Waals surface area contributed by atoms with Crippen molar-refractivity contribution in [3.8, 4) is 0 Å². The molecule has 4 nitrogen and oxygen atoms in total. The Hall–Kier alpha value is -2.47. The van der Waals surface area contributed by atoms with Gasteiger partial charge in [-0.3, -0.25) is 9.59 Å². The van der Waals surface area contributed by atoms with E-state index in [4.69, 9.17) is 11.6 Å². The fraction of sp³-hybridized carbons (Fsp3) is 0.440. The van der Waals surface area contributed by atoms with Gasteiger partial charge < -0.3 is 10.2 Å². The molecule has 2 atom stereocenters. The molecule has 2 amide bonds. The Labute approximate surface area is 192 Å². The van der Waals surface area contributed by atoms with Crippen molar-refractivity contribution in [3.63, 3.8) is 0 Å². The van der Waals surface area contributed by atoms with Crippen LogP contribution in [0, 0.1) is 17.6 Å². The summed E-state index contributed by atoms with van der Waals surface area (Å²) in [7, 11) is 0. The van der Waals surface area contributed by atoms with Crippen molar-refractivity contribution < 1.29 is 18.4 Å². The van der Waals surface area contributed by atoms with Crippen molar-refractivity contribution in [2.45, 2.75) is 51.5 Å². The molecule has 1 heterocycles. The number of piperidine rings is 1. The van der Waals surface area contributed by atoms with Gasteiger partial charge in [-0.15, -0.1) is 0 Å². The maximum atomic E-state index is 13.9. The predicted molar refractivity (Wildman–Crippen MR) is 121 cm³/mol. The summed E-state index contributed by atoms with van der Waals surface area (Å²) in [6, 6.07) is 10.3. The lowest BCUT2D eigenvalue weighted by molar-refractivity contribution is -0.138. The van der Waals surface area contributed by atoms with E-state index < -0.39 is 23.6 Å². The van der Waals surface area contributed by atoms with E-state index in [1.807, 2.05) is 43.0 Å². The molecule has 3 rings (SSSR count). The number of benzene rings is 2. The number of hydrogen-bond donors (Lipinski definition) is 1. The molecule has 1 aliphatic rings. The van der Waals surface area contributed by atoms with E-state index in [0.29, 0.717) is 30.5 Å². The van der Waals surface area contributed by atoms with Gasteiger partial charge in [0.2, 0.25) is 11.8 Å². The lowest BCUT2D eigenvalue weighted by Crippen LogP contribution is -2.53. The van der Waals surface area contributed by atoms with Crippen LogP contribution < -0.4 is 5.32 Å². The van der Waals surface area contributed by atoms with Gasteiger partial charge in [-0.1, -0.05) is 50.1 Å². The number of carbonyl (C=O) groups excluding carboxylic acids is 2. The van der Waals surface area contributed by atoms with Gasteiger partial charge in [-0.05, 0) is 54.0 Å². The Balaban J connectivity index is 1.62. The number of hydrogen-bond acceptors (Lipinski definition) is 2. The lowest BCUT2D eigenvalue weighted by Gasteiger charge is -2.36. The molecule has 32 heavy (non-hydrogen) atoms. The van der Waals surface area contributed by atoms with Crippen LogP contribution in [0.25, 0.3) is 0 Å². The molecule has 1 fully saturated rings. The van der Waals surface area contributed by atoms with Gasteiger partial charge in [-0.25, -0.2) is 8.78 Å². The zero-order valence-electron chi connectivity index (χ0n) is 18.4. The highest BCUT2D eigenvalue weighted by Gasteiger charge is 2.32. The second kappa shape index (κ2) is 10.9. The zero-order valence-corrected chi connectivity index (χ0v) is 19.2. The first-order valence-corrected chi connectivity index (χ1v) is 11.4. The van der Waals surface area contributed by atoms with Crippen LogP contribution in [0.3, 0.4) is 0 Å². The second-order valence-electron chi connectivity index (χ2n) is 8.49. The Morgan fingerprint density at radius 2 is 1.78 bits per heavy atom. The number of nitrogens with zero attached hydrogens (tertiary/aromatic N) is 1. The number of amides is 2. The quantitative estimate of drug-likeness (QED) is 0.622. The molecule has 2 aromatic rings. The van der Waals surface area contributed by atoms with Crippen molar-refractivity contribution >= 4 is 23.4 Å². The van der Waals surface area contributed by atoms with Crippen LogP contribution >= 0.6 is 11.6 Å². The Morgan fingerprint density at radius 1 is 1.12 bits per heavy atom. The van der Waals surface area contributed by atoms with Gasteiger partial charge in [0, 0.05) is 24.2 Å². The first-order chi connectivity index (χ1) is 15.3. The van der Waals surface area contributed by atoms with Gasteiger partial charge >= 0.3 is 0 Å². The van der Waals surface area contributed by atoms with Crippen LogP contribution in [0.4, 0.5) is 8.78 Å². The number of rotatable bonds is 7. The first kappa shape index (κ1) is 24.2. The number of halogens is 3. The first-order valence-electron chi connectivity index (χ1n) is 11.1. The number of carbonyl (C=O) groups is 2. The smallest absolute Gasteiger partial charge is 0.245 e. The lowest BCUT2D eigenvalue weighted by atomic mass is 9.88. The highest BCUT2D eigenvalue weighted by atomic mass is 35.5. The minimum absolute atomic E-state index is 0.0708. The van der Waals surface area contributed by atoms with E-state index in [0.717, 1.165) is 25.0 Å². The van der Waals surface area contributed by atoms with Crippen LogP contribution in [0.2, 0.25) is 5.02 Å². The second-order valence-corrected chi connectivity index (χ2v) is 8.93. The third kappa shape index (κ3) is 6.06. The molecule has 0 saturated carbocycles. The molecule has 0 bridgehead atoms. The third-order valence-electron chi connectivity index (χ3n) is 6.31. The molecule has 172 valence electrons. The monoisotopic (exact) mass is 462 g/mol. The third-order valence-corrected chi connectivity index (χ3v) is 6.56. The van der Waals surface area contributed by atoms with E-state index in [-0.39, 0.29) is 23.8 Å². The van der Waals surface area contributed by atoms with E-state index in [1.165, 1.54) is 11.6 Å². The minimum Gasteiger partial charge on any atom is -0.344 e. The molecule has 1 N–H and O–H groups in total. The number of likely N-dealkylation sites (tertiary alicyclic amines) is 1. The molecule has 1 saturated heterocycles. The highest BCUT2D eigenvalue weighted by molar-refractivity contribution is 6.30. The van der Waals surface area contributed by atoms with Crippen LogP contribution in [-0.4, -0.2) is 35.8 Å². The normalized spacial score (nSPS) is 16.5. The van der Waals surface area contributed by atoms with Crippen molar-refractivity contribution in [1.29, 1.82) is 0 Å². The maximum Gasteiger partial charge on any atom is 0.245 e. The van der Waals surface area contributed by atoms with Crippen LogP contribution in [0.15, 0.2) is 42.5 Å². The van der Waals surface area contributed by atoms with Crippen molar-refractivity contribution in [1.82, 2.24) is 10.2 Å². The standard InChI is InChI=1S/C25H29ClF2N2O2/c1-3-16(2)24(29-23(31)14-19-6-9-21(27)15-22(19)28)25(32)30-12-10-18(11-13-30)17-4-7-20(26)8-5-17/h4-9,15-16,18,24H,3,10-14H2,1-2H3,(H,29,31)/t16-,24+/m0/s1. The molecule has 0 radical (unpaired) electrons. The summed E-state index contributed by atoms with van der Waals surface area (Å²) in [6.45, 7) is 5.11. The Kier molecular flexibility index (Phi) is 8.24. The summed E-state index contributed by atoms with van der Waals surface area (Å²) in [6.07, 6.45) is 2.15. The fourth-order valence-electron chi connectivity index (χ4n) is 4.11. The maximum absolute atomic E-state index is 13.9. The average molecular weight is 463 g/mol. The molecule has 1 aliphatic heterocycles. The minimum atomic E-state index is -0.768. The molecule has 2 aromatic carbocycles. The van der Waals surface area contributed by atoms with Crippen LogP contribution in [-0.2, 0) is 16.0 Å². The number of nitrogens with one attached hydrogen (secondary N) is 1. The summed E-state index contributed by atoms with van der Waals surface area (Å²) >= 11 is 5.98. The van der Waals surface area contributed by atoms with Gasteiger partial charge in [0.1, 0.15) is 17.7 Å². The van der Waals surface area contributed by atoms with Gasteiger partial charge in [0.15, 0.2) is 0 Å². The molecule has 0 aromatic heterocycles.